The Morgan fingerprint density at radius 2 is 2.07 bits per heavy atom. The number of nitrogens with one attached hydrogen (secondary N) is 1. The van der Waals surface area contributed by atoms with E-state index in [1.807, 2.05) is 27.7 Å². The molecule has 0 saturated heterocycles. The van der Waals surface area contributed by atoms with Gasteiger partial charge < -0.3 is 5.32 Å². The summed E-state index contributed by atoms with van der Waals surface area (Å²) < 4.78 is 4.05. The minimum Gasteiger partial charge on any atom is -0.315 e. The van der Waals surface area contributed by atoms with Crippen LogP contribution >= 0.6 is 23.1 Å². The Balaban J connectivity index is 2.80. The molecular formula is C9H13ClN2OS. The van der Waals surface area contributed by atoms with Gasteiger partial charge in [-0.3, -0.25) is 4.79 Å². The lowest BCUT2D eigenvalue weighted by molar-refractivity contribution is -0.123. The first kappa shape index (κ1) is 11.5. The summed E-state index contributed by atoms with van der Waals surface area (Å²) in [5, 5.41) is 3.92. The Kier molecular flexibility index (Phi) is 3.17. The summed E-state index contributed by atoms with van der Waals surface area (Å²) >= 11 is 7.14. The van der Waals surface area contributed by atoms with Crippen molar-refractivity contribution in [1.82, 2.24) is 4.37 Å². The number of nitrogens with zero attached hydrogens (tertiary/aromatic N) is 1. The Bertz CT molecular complexity index is 354. The van der Waals surface area contributed by atoms with Crippen molar-refractivity contribution >= 4 is 34.0 Å². The lowest BCUT2D eigenvalue weighted by Gasteiger charge is -2.16. The number of amides is 1. The molecular weight excluding hydrogens is 220 g/mol. The van der Waals surface area contributed by atoms with Crippen LogP contribution in [0.3, 0.4) is 0 Å². The SMILES string of the molecule is Cc1nsc(NC(=O)C(C)(C)C)c1Cl. The molecule has 0 aromatic carbocycles. The topological polar surface area (TPSA) is 42.0 Å². The van der Waals surface area contributed by atoms with E-state index in [9.17, 15) is 4.79 Å². The molecule has 1 N–H and O–H groups in total. The van der Waals surface area contributed by atoms with Gasteiger partial charge in [-0.1, -0.05) is 32.4 Å². The molecule has 0 spiro atoms. The molecule has 0 aliphatic carbocycles. The third-order valence-corrected chi connectivity index (χ3v) is 3.13. The maximum absolute atomic E-state index is 11.6. The Morgan fingerprint density at radius 1 is 1.50 bits per heavy atom. The molecule has 0 aliphatic heterocycles. The summed E-state index contributed by atoms with van der Waals surface area (Å²) in [7, 11) is 0. The molecule has 0 unspecified atom stereocenters. The molecule has 5 heteroatoms. The van der Waals surface area contributed by atoms with E-state index >= 15 is 0 Å². The maximum Gasteiger partial charge on any atom is 0.230 e. The molecule has 0 atom stereocenters. The quantitative estimate of drug-likeness (QED) is 0.809. The van der Waals surface area contributed by atoms with Crippen LogP contribution in [0.2, 0.25) is 5.02 Å². The molecule has 3 nitrogen and oxygen atoms in total. The zero-order valence-corrected chi connectivity index (χ0v) is 10.2. The van der Waals surface area contributed by atoms with Crippen molar-refractivity contribution in [3.63, 3.8) is 0 Å². The maximum atomic E-state index is 11.6. The molecule has 1 aromatic heterocycles. The average molecular weight is 233 g/mol. The molecule has 1 amide bonds. The second kappa shape index (κ2) is 3.87. The van der Waals surface area contributed by atoms with E-state index in [1.165, 1.54) is 11.5 Å². The summed E-state index contributed by atoms with van der Waals surface area (Å²) in [5.41, 5.74) is 0.335. The molecule has 1 rings (SSSR count). The highest BCUT2D eigenvalue weighted by atomic mass is 35.5. The van der Waals surface area contributed by atoms with E-state index in [0.717, 1.165) is 5.69 Å². The van der Waals surface area contributed by atoms with Crippen molar-refractivity contribution in [2.45, 2.75) is 27.7 Å². The largest absolute Gasteiger partial charge is 0.315 e. The number of carbonyl (C=O) groups is 1. The highest BCUT2D eigenvalue weighted by Crippen LogP contribution is 2.30. The van der Waals surface area contributed by atoms with Crippen LogP contribution in [-0.4, -0.2) is 10.3 Å². The van der Waals surface area contributed by atoms with Gasteiger partial charge in [0.2, 0.25) is 5.91 Å². The fourth-order valence-corrected chi connectivity index (χ4v) is 1.66. The lowest BCUT2D eigenvalue weighted by Crippen LogP contribution is -2.27. The van der Waals surface area contributed by atoms with Gasteiger partial charge in [0.25, 0.3) is 0 Å². The van der Waals surface area contributed by atoms with Gasteiger partial charge in [0.15, 0.2) is 0 Å². The van der Waals surface area contributed by atoms with Gasteiger partial charge in [0.05, 0.1) is 10.7 Å². The van der Waals surface area contributed by atoms with Crippen LogP contribution in [0.25, 0.3) is 0 Å². The molecule has 1 heterocycles. The summed E-state index contributed by atoms with van der Waals surface area (Å²) in [6, 6.07) is 0. The molecule has 0 saturated carbocycles. The molecule has 0 radical (unpaired) electrons. The molecule has 78 valence electrons. The van der Waals surface area contributed by atoms with Gasteiger partial charge >= 0.3 is 0 Å². The van der Waals surface area contributed by atoms with Gasteiger partial charge in [0, 0.05) is 5.41 Å². The van der Waals surface area contributed by atoms with Crippen LogP contribution in [-0.2, 0) is 4.79 Å². The summed E-state index contributed by atoms with van der Waals surface area (Å²) in [5.74, 6) is -0.0527. The van der Waals surface area contributed by atoms with Gasteiger partial charge in [0.1, 0.15) is 5.00 Å². The van der Waals surface area contributed by atoms with E-state index in [0.29, 0.717) is 10.0 Å². The van der Waals surface area contributed by atoms with E-state index < -0.39 is 5.41 Å². The Labute approximate surface area is 92.6 Å². The number of aromatic nitrogens is 1. The van der Waals surface area contributed by atoms with E-state index in [-0.39, 0.29) is 5.91 Å². The van der Waals surface area contributed by atoms with Crippen molar-refractivity contribution < 1.29 is 4.79 Å². The molecule has 1 aromatic rings. The van der Waals surface area contributed by atoms with Crippen LogP contribution in [0, 0.1) is 12.3 Å². The number of carbonyl (C=O) groups excluding carboxylic acids is 1. The number of hydrogen-bond donors (Lipinski definition) is 1. The predicted octanol–water partition coefficient (Wildman–Crippen LogP) is 3.09. The van der Waals surface area contributed by atoms with Gasteiger partial charge in [-0.25, -0.2) is 0 Å². The normalized spacial score (nSPS) is 11.5. The Hall–Kier alpha value is -0.610. The summed E-state index contributed by atoms with van der Waals surface area (Å²) in [6.07, 6.45) is 0. The van der Waals surface area contributed by atoms with E-state index in [2.05, 4.69) is 9.69 Å². The number of halogens is 1. The second-order valence-electron chi connectivity index (χ2n) is 4.12. The molecule has 0 aliphatic rings. The fourth-order valence-electron chi connectivity index (χ4n) is 0.727. The van der Waals surface area contributed by atoms with E-state index in [4.69, 9.17) is 11.6 Å². The standard InChI is InChI=1S/C9H13ClN2OS/c1-5-6(10)7(14-12-5)11-8(13)9(2,3)4/h1-4H3,(H,11,13). The highest BCUT2D eigenvalue weighted by molar-refractivity contribution is 7.11. The van der Waals surface area contributed by atoms with Gasteiger partial charge in [-0.2, -0.15) is 4.37 Å². The molecule has 14 heavy (non-hydrogen) atoms. The van der Waals surface area contributed by atoms with Crippen molar-refractivity contribution in [3.05, 3.63) is 10.7 Å². The fraction of sp³-hybridized carbons (Fsp3) is 0.556. The summed E-state index contributed by atoms with van der Waals surface area (Å²) in [6.45, 7) is 7.37. The zero-order valence-electron chi connectivity index (χ0n) is 8.64. The summed E-state index contributed by atoms with van der Waals surface area (Å²) in [4.78, 5) is 11.6. The third kappa shape index (κ3) is 2.45. The second-order valence-corrected chi connectivity index (χ2v) is 5.27. The van der Waals surface area contributed by atoms with Crippen LogP contribution in [0.5, 0.6) is 0 Å². The van der Waals surface area contributed by atoms with Crippen molar-refractivity contribution in [1.29, 1.82) is 0 Å². The van der Waals surface area contributed by atoms with Gasteiger partial charge in [-0.15, -0.1) is 0 Å². The molecule has 0 fully saturated rings. The van der Waals surface area contributed by atoms with Crippen molar-refractivity contribution in [2.75, 3.05) is 5.32 Å². The molecule has 0 bridgehead atoms. The first-order valence-corrected chi connectivity index (χ1v) is 5.40. The number of hydrogen-bond acceptors (Lipinski definition) is 3. The predicted molar refractivity (Wildman–Crippen MR) is 59.9 cm³/mol. The third-order valence-electron chi connectivity index (χ3n) is 1.70. The van der Waals surface area contributed by atoms with Crippen molar-refractivity contribution in [3.8, 4) is 0 Å². The van der Waals surface area contributed by atoms with Crippen LogP contribution in [0.1, 0.15) is 26.5 Å². The van der Waals surface area contributed by atoms with E-state index in [1.54, 1.807) is 0 Å². The lowest BCUT2D eigenvalue weighted by atomic mass is 9.96. The highest BCUT2D eigenvalue weighted by Gasteiger charge is 2.23. The van der Waals surface area contributed by atoms with Crippen molar-refractivity contribution in [2.24, 2.45) is 5.41 Å². The monoisotopic (exact) mass is 232 g/mol. The average Bonchev–Trinajstić information content (AvgIpc) is 2.34. The smallest absolute Gasteiger partial charge is 0.230 e. The van der Waals surface area contributed by atoms with Crippen LogP contribution < -0.4 is 5.32 Å². The first-order valence-electron chi connectivity index (χ1n) is 4.25. The minimum atomic E-state index is -0.415. The zero-order chi connectivity index (χ0) is 10.9. The van der Waals surface area contributed by atoms with Crippen LogP contribution in [0.4, 0.5) is 5.00 Å². The Morgan fingerprint density at radius 3 is 2.43 bits per heavy atom. The van der Waals surface area contributed by atoms with Gasteiger partial charge in [-0.05, 0) is 18.5 Å². The first-order chi connectivity index (χ1) is 6.32. The number of rotatable bonds is 1. The minimum absolute atomic E-state index is 0.0527. The number of anilines is 1. The van der Waals surface area contributed by atoms with Crippen LogP contribution in [0.15, 0.2) is 0 Å². The number of aryl methyl sites for hydroxylation is 1.